The zero-order valence-corrected chi connectivity index (χ0v) is 11.4. The van der Waals surface area contributed by atoms with Crippen LogP contribution in [0, 0.1) is 6.92 Å². The van der Waals surface area contributed by atoms with Gasteiger partial charge in [-0.15, -0.1) is 11.6 Å². The fourth-order valence-electron chi connectivity index (χ4n) is 2.30. The molecule has 1 saturated carbocycles. The van der Waals surface area contributed by atoms with Crippen LogP contribution in [0.4, 0.5) is 0 Å². The molecule has 98 valence electrons. The van der Waals surface area contributed by atoms with Crippen LogP contribution < -0.4 is 5.32 Å². The number of aryl methyl sites for hydroxylation is 1. The SMILES string of the molecule is Cc1ccc(C(Cl)C(=O)NC2CCCCC2)cn1. The number of alkyl halides is 1. The molecule has 4 heteroatoms. The van der Waals surface area contributed by atoms with Gasteiger partial charge in [0.1, 0.15) is 5.38 Å². The molecule has 0 aliphatic heterocycles. The van der Waals surface area contributed by atoms with Crippen molar-refractivity contribution in [1.29, 1.82) is 0 Å². The minimum atomic E-state index is -0.639. The van der Waals surface area contributed by atoms with Crippen molar-refractivity contribution in [1.82, 2.24) is 10.3 Å². The first-order valence-electron chi connectivity index (χ1n) is 6.54. The average molecular weight is 267 g/mol. The fraction of sp³-hybridized carbons (Fsp3) is 0.571. The Labute approximate surface area is 113 Å². The predicted octanol–water partition coefficient (Wildman–Crippen LogP) is 3.12. The number of carbonyl (C=O) groups is 1. The summed E-state index contributed by atoms with van der Waals surface area (Å²) in [5.74, 6) is -0.103. The fourth-order valence-corrected chi connectivity index (χ4v) is 2.49. The second kappa shape index (κ2) is 6.19. The van der Waals surface area contributed by atoms with Crippen LogP contribution in [0.5, 0.6) is 0 Å². The highest BCUT2D eigenvalue weighted by Crippen LogP contribution is 2.22. The number of amides is 1. The number of pyridine rings is 1. The minimum absolute atomic E-state index is 0.103. The van der Waals surface area contributed by atoms with Gasteiger partial charge in [0.15, 0.2) is 0 Å². The van der Waals surface area contributed by atoms with Gasteiger partial charge in [-0.05, 0) is 31.4 Å². The van der Waals surface area contributed by atoms with E-state index in [-0.39, 0.29) is 5.91 Å². The third kappa shape index (κ3) is 3.45. The summed E-state index contributed by atoms with van der Waals surface area (Å²) in [7, 11) is 0. The smallest absolute Gasteiger partial charge is 0.242 e. The molecule has 1 aliphatic rings. The molecule has 1 heterocycles. The lowest BCUT2D eigenvalue weighted by molar-refractivity contribution is -0.121. The van der Waals surface area contributed by atoms with Gasteiger partial charge in [0.05, 0.1) is 0 Å². The lowest BCUT2D eigenvalue weighted by Crippen LogP contribution is -2.38. The van der Waals surface area contributed by atoms with Gasteiger partial charge in [0, 0.05) is 17.9 Å². The van der Waals surface area contributed by atoms with Crippen LogP contribution in [0.25, 0.3) is 0 Å². The Morgan fingerprint density at radius 1 is 1.39 bits per heavy atom. The van der Waals surface area contributed by atoms with Crippen LogP contribution in [-0.4, -0.2) is 16.9 Å². The maximum atomic E-state index is 12.0. The number of hydrogen-bond donors (Lipinski definition) is 1. The van der Waals surface area contributed by atoms with Gasteiger partial charge in [-0.2, -0.15) is 0 Å². The molecule has 18 heavy (non-hydrogen) atoms. The lowest BCUT2D eigenvalue weighted by atomic mass is 9.95. The highest BCUT2D eigenvalue weighted by molar-refractivity contribution is 6.30. The largest absolute Gasteiger partial charge is 0.352 e. The minimum Gasteiger partial charge on any atom is -0.352 e. The van der Waals surface area contributed by atoms with Crippen molar-refractivity contribution in [3.05, 3.63) is 29.6 Å². The number of carbonyl (C=O) groups excluding carboxylic acids is 1. The van der Waals surface area contributed by atoms with Crippen LogP contribution in [-0.2, 0) is 4.79 Å². The third-order valence-corrected chi connectivity index (χ3v) is 3.86. The molecule has 1 atom stereocenters. The van der Waals surface area contributed by atoms with Gasteiger partial charge < -0.3 is 5.32 Å². The van der Waals surface area contributed by atoms with Crippen molar-refractivity contribution in [2.45, 2.75) is 50.4 Å². The maximum Gasteiger partial charge on any atom is 0.242 e. The van der Waals surface area contributed by atoms with Crippen molar-refractivity contribution in [2.24, 2.45) is 0 Å². The number of rotatable bonds is 3. The molecule has 0 spiro atoms. The molecule has 1 N–H and O–H groups in total. The van der Waals surface area contributed by atoms with E-state index in [1.807, 2.05) is 19.1 Å². The number of halogens is 1. The Morgan fingerprint density at radius 3 is 2.72 bits per heavy atom. The van der Waals surface area contributed by atoms with Crippen LogP contribution in [0.15, 0.2) is 18.3 Å². The third-order valence-electron chi connectivity index (χ3n) is 3.41. The first-order chi connectivity index (χ1) is 8.66. The van der Waals surface area contributed by atoms with Crippen molar-refractivity contribution in [3.8, 4) is 0 Å². The van der Waals surface area contributed by atoms with E-state index in [0.29, 0.717) is 6.04 Å². The van der Waals surface area contributed by atoms with Gasteiger partial charge in [-0.1, -0.05) is 25.3 Å². The zero-order valence-electron chi connectivity index (χ0n) is 10.7. The van der Waals surface area contributed by atoms with Crippen molar-refractivity contribution in [2.75, 3.05) is 0 Å². The Morgan fingerprint density at radius 2 is 2.11 bits per heavy atom. The van der Waals surface area contributed by atoms with E-state index >= 15 is 0 Å². The average Bonchev–Trinajstić information content (AvgIpc) is 2.40. The zero-order chi connectivity index (χ0) is 13.0. The summed E-state index contributed by atoms with van der Waals surface area (Å²) in [4.78, 5) is 16.2. The Kier molecular flexibility index (Phi) is 4.59. The molecule has 1 fully saturated rings. The van der Waals surface area contributed by atoms with E-state index in [1.54, 1.807) is 6.20 Å². The summed E-state index contributed by atoms with van der Waals surface area (Å²) >= 11 is 6.18. The van der Waals surface area contributed by atoms with Gasteiger partial charge in [0.25, 0.3) is 0 Å². The normalized spacial score (nSPS) is 18.3. The molecule has 1 aromatic rings. The standard InChI is InChI=1S/C14H19ClN2O/c1-10-7-8-11(9-16-10)13(15)14(18)17-12-5-3-2-4-6-12/h7-9,12-13H,2-6H2,1H3,(H,17,18). The van der Waals surface area contributed by atoms with Gasteiger partial charge in [-0.3, -0.25) is 9.78 Å². The quantitative estimate of drug-likeness (QED) is 0.854. The van der Waals surface area contributed by atoms with Crippen LogP contribution >= 0.6 is 11.6 Å². The first kappa shape index (κ1) is 13.3. The number of hydrogen-bond acceptors (Lipinski definition) is 2. The number of nitrogens with one attached hydrogen (secondary N) is 1. The van der Waals surface area contributed by atoms with Crippen molar-refractivity contribution < 1.29 is 4.79 Å². The van der Waals surface area contributed by atoms with Crippen molar-refractivity contribution in [3.63, 3.8) is 0 Å². The molecular formula is C14H19ClN2O. The topological polar surface area (TPSA) is 42.0 Å². The van der Waals surface area contributed by atoms with E-state index in [2.05, 4.69) is 10.3 Å². The second-order valence-electron chi connectivity index (χ2n) is 4.94. The first-order valence-corrected chi connectivity index (χ1v) is 6.97. The Hall–Kier alpha value is -1.09. The molecule has 1 amide bonds. The summed E-state index contributed by atoms with van der Waals surface area (Å²) in [5, 5.41) is 2.39. The summed E-state index contributed by atoms with van der Waals surface area (Å²) < 4.78 is 0. The van der Waals surface area contributed by atoms with Crippen LogP contribution in [0.1, 0.15) is 48.7 Å². The Bertz CT molecular complexity index is 399. The molecule has 1 aromatic heterocycles. The molecule has 0 radical (unpaired) electrons. The van der Waals surface area contributed by atoms with Crippen molar-refractivity contribution >= 4 is 17.5 Å². The molecule has 3 nitrogen and oxygen atoms in total. The van der Waals surface area contributed by atoms with Gasteiger partial charge in [-0.25, -0.2) is 0 Å². The number of aromatic nitrogens is 1. The molecule has 1 unspecified atom stereocenters. The highest BCUT2D eigenvalue weighted by Gasteiger charge is 2.22. The summed E-state index contributed by atoms with van der Waals surface area (Å²) in [6, 6.07) is 4.03. The van der Waals surface area contributed by atoms with E-state index < -0.39 is 5.38 Å². The van der Waals surface area contributed by atoms with Gasteiger partial charge >= 0.3 is 0 Å². The molecule has 2 rings (SSSR count). The monoisotopic (exact) mass is 266 g/mol. The Balaban J connectivity index is 1.93. The summed E-state index contributed by atoms with van der Waals surface area (Å²) in [6.07, 6.45) is 7.49. The second-order valence-corrected chi connectivity index (χ2v) is 5.38. The lowest BCUT2D eigenvalue weighted by Gasteiger charge is -2.24. The highest BCUT2D eigenvalue weighted by atomic mass is 35.5. The maximum absolute atomic E-state index is 12.0. The van der Waals surface area contributed by atoms with E-state index in [4.69, 9.17) is 11.6 Å². The van der Waals surface area contributed by atoms with Gasteiger partial charge in [0.2, 0.25) is 5.91 Å². The number of nitrogens with zero attached hydrogens (tertiary/aromatic N) is 1. The van der Waals surface area contributed by atoms with E-state index in [9.17, 15) is 4.79 Å². The molecular weight excluding hydrogens is 248 g/mol. The van der Waals surface area contributed by atoms with E-state index in [1.165, 1.54) is 19.3 Å². The van der Waals surface area contributed by atoms with Crippen LogP contribution in [0.2, 0.25) is 0 Å². The molecule has 0 saturated heterocycles. The molecule has 0 bridgehead atoms. The van der Waals surface area contributed by atoms with Crippen LogP contribution in [0.3, 0.4) is 0 Å². The summed E-state index contributed by atoms with van der Waals surface area (Å²) in [6.45, 7) is 1.91. The molecule has 0 aromatic carbocycles. The van der Waals surface area contributed by atoms with E-state index in [0.717, 1.165) is 24.1 Å². The molecule has 1 aliphatic carbocycles. The summed E-state index contributed by atoms with van der Waals surface area (Å²) in [5.41, 5.74) is 1.69. The predicted molar refractivity (Wildman–Crippen MR) is 72.6 cm³/mol.